The Bertz CT molecular complexity index is 1140. The predicted molar refractivity (Wildman–Crippen MR) is 124 cm³/mol. The second-order valence-corrected chi connectivity index (χ2v) is 9.83. The number of benzene rings is 1. The average Bonchev–Trinajstić information content (AvgIpc) is 3.38. The SMILES string of the molecule is COc1cc2c(cc1CC(C)C)-c1c(-c3ncco3)nc(C(=O)N(C)C(C)(C)C)n1CC2. The molecule has 0 atom stereocenters. The standard InChI is InChI=1S/C25H32N4O3/c1-15(2)12-17-13-18-16(14-19(17)31-7)8-10-29-21(18)20(23-26-9-11-32-23)27-22(29)24(30)28(6)25(3,4)5/h9,11,13-15H,8,10,12H2,1-7H3. The van der Waals surface area contributed by atoms with Gasteiger partial charge in [0.15, 0.2) is 11.5 Å². The summed E-state index contributed by atoms with van der Waals surface area (Å²) in [6.07, 6.45) is 4.83. The zero-order valence-electron chi connectivity index (χ0n) is 20.0. The van der Waals surface area contributed by atoms with Crippen LogP contribution < -0.4 is 4.74 Å². The summed E-state index contributed by atoms with van der Waals surface area (Å²) in [6, 6.07) is 4.32. The van der Waals surface area contributed by atoms with Crippen molar-refractivity contribution < 1.29 is 13.9 Å². The van der Waals surface area contributed by atoms with Crippen LogP contribution in [0.2, 0.25) is 0 Å². The number of hydrogen-bond acceptors (Lipinski definition) is 5. The van der Waals surface area contributed by atoms with E-state index in [0.717, 1.165) is 35.4 Å². The summed E-state index contributed by atoms with van der Waals surface area (Å²) >= 11 is 0. The largest absolute Gasteiger partial charge is 0.496 e. The lowest BCUT2D eigenvalue weighted by molar-refractivity contribution is 0.0638. The first-order chi connectivity index (χ1) is 15.1. The normalized spacial score (nSPS) is 13.1. The molecule has 7 heteroatoms. The summed E-state index contributed by atoms with van der Waals surface area (Å²) in [5.74, 6) is 2.11. The van der Waals surface area contributed by atoms with Gasteiger partial charge in [-0.25, -0.2) is 9.97 Å². The Morgan fingerprint density at radius 3 is 2.66 bits per heavy atom. The Hall–Kier alpha value is -3.09. The summed E-state index contributed by atoms with van der Waals surface area (Å²) in [7, 11) is 3.53. The number of carbonyl (C=O) groups excluding carboxylic acids is 1. The van der Waals surface area contributed by atoms with E-state index in [0.29, 0.717) is 29.9 Å². The van der Waals surface area contributed by atoms with Crippen molar-refractivity contribution in [3.05, 3.63) is 41.5 Å². The van der Waals surface area contributed by atoms with Crippen LogP contribution in [0.25, 0.3) is 22.8 Å². The van der Waals surface area contributed by atoms with Crippen LogP contribution in [0.15, 0.2) is 29.0 Å². The van der Waals surface area contributed by atoms with Gasteiger partial charge in [-0.1, -0.05) is 13.8 Å². The monoisotopic (exact) mass is 436 g/mol. The fraction of sp³-hybridized carbons (Fsp3) is 0.480. The van der Waals surface area contributed by atoms with Crippen molar-refractivity contribution in [2.75, 3.05) is 14.2 Å². The van der Waals surface area contributed by atoms with Crippen molar-refractivity contribution in [2.45, 2.75) is 59.5 Å². The molecule has 4 rings (SSSR count). The smallest absolute Gasteiger partial charge is 0.290 e. The molecule has 170 valence electrons. The van der Waals surface area contributed by atoms with Gasteiger partial charge in [-0.15, -0.1) is 0 Å². The molecule has 0 saturated carbocycles. The Balaban J connectivity index is 1.94. The lowest BCUT2D eigenvalue weighted by atomic mass is 9.91. The molecule has 1 amide bonds. The highest BCUT2D eigenvalue weighted by molar-refractivity contribution is 5.94. The molecule has 1 aliphatic rings. The van der Waals surface area contributed by atoms with E-state index in [4.69, 9.17) is 14.1 Å². The first kappa shape index (κ1) is 22.1. The van der Waals surface area contributed by atoms with Crippen LogP contribution >= 0.6 is 0 Å². The van der Waals surface area contributed by atoms with Gasteiger partial charge in [0, 0.05) is 24.7 Å². The second kappa shape index (κ2) is 8.11. The van der Waals surface area contributed by atoms with Crippen LogP contribution in [0.4, 0.5) is 0 Å². The third kappa shape index (κ3) is 3.80. The lowest BCUT2D eigenvalue weighted by Gasteiger charge is -2.32. The molecular formula is C25H32N4O3. The molecule has 0 N–H and O–H groups in total. The topological polar surface area (TPSA) is 73.4 Å². The molecule has 32 heavy (non-hydrogen) atoms. The molecule has 3 aromatic rings. The van der Waals surface area contributed by atoms with Gasteiger partial charge in [-0.3, -0.25) is 4.79 Å². The molecule has 0 radical (unpaired) electrons. The summed E-state index contributed by atoms with van der Waals surface area (Å²) in [4.78, 5) is 24.3. The number of aromatic nitrogens is 3. The van der Waals surface area contributed by atoms with E-state index < -0.39 is 0 Å². The Morgan fingerprint density at radius 2 is 2.06 bits per heavy atom. The maximum Gasteiger partial charge on any atom is 0.290 e. The van der Waals surface area contributed by atoms with Crippen molar-refractivity contribution >= 4 is 5.91 Å². The van der Waals surface area contributed by atoms with E-state index >= 15 is 0 Å². The molecule has 0 aliphatic carbocycles. The number of imidazole rings is 1. The number of nitrogens with zero attached hydrogens (tertiary/aromatic N) is 4. The van der Waals surface area contributed by atoms with Gasteiger partial charge in [0.2, 0.25) is 5.89 Å². The Morgan fingerprint density at radius 1 is 1.31 bits per heavy atom. The van der Waals surface area contributed by atoms with Crippen LogP contribution in [-0.4, -0.2) is 45.0 Å². The number of fused-ring (bicyclic) bond motifs is 3. The minimum absolute atomic E-state index is 0.115. The maximum atomic E-state index is 13.4. The quantitative estimate of drug-likeness (QED) is 0.572. The van der Waals surface area contributed by atoms with Gasteiger partial charge < -0.3 is 18.6 Å². The minimum Gasteiger partial charge on any atom is -0.496 e. The summed E-state index contributed by atoms with van der Waals surface area (Å²) in [5.41, 5.74) is 4.54. The highest BCUT2D eigenvalue weighted by Gasteiger charge is 2.34. The number of rotatable bonds is 5. The molecule has 0 saturated heterocycles. The number of aryl methyl sites for hydroxylation is 1. The van der Waals surface area contributed by atoms with Crippen LogP contribution in [0.1, 0.15) is 56.4 Å². The number of carbonyl (C=O) groups is 1. The number of ether oxygens (including phenoxy) is 1. The number of methoxy groups -OCH3 is 1. The fourth-order valence-electron chi connectivity index (χ4n) is 4.17. The second-order valence-electron chi connectivity index (χ2n) is 9.83. The summed E-state index contributed by atoms with van der Waals surface area (Å²) in [5, 5.41) is 0. The van der Waals surface area contributed by atoms with Crippen LogP contribution in [0.3, 0.4) is 0 Å². The first-order valence-electron chi connectivity index (χ1n) is 11.1. The Labute approximate surface area is 189 Å². The summed E-state index contributed by atoms with van der Waals surface area (Å²) in [6.45, 7) is 11.1. The minimum atomic E-state index is -0.322. The first-order valence-corrected chi connectivity index (χ1v) is 11.1. The molecule has 0 fully saturated rings. The third-order valence-corrected chi connectivity index (χ3v) is 6.10. The van der Waals surface area contributed by atoms with Crippen LogP contribution in [-0.2, 0) is 19.4 Å². The van der Waals surface area contributed by atoms with Gasteiger partial charge in [0.25, 0.3) is 5.91 Å². The van der Waals surface area contributed by atoms with E-state index in [2.05, 4.69) is 31.0 Å². The third-order valence-electron chi connectivity index (χ3n) is 6.10. The van der Waals surface area contributed by atoms with Gasteiger partial charge in [0.05, 0.1) is 19.0 Å². The lowest BCUT2D eigenvalue weighted by Crippen LogP contribution is -2.43. The number of oxazole rings is 1. The van der Waals surface area contributed by atoms with Gasteiger partial charge in [-0.2, -0.15) is 0 Å². The predicted octanol–water partition coefficient (Wildman–Crippen LogP) is 4.84. The van der Waals surface area contributed by atoms with Crippen LogP contribution in [0.5, 0.6) is 5.75 Å². The van der Waals surface area contributed by atoms with Gasteiger partial charge >= 0.3 is 0 Å². The van der Waals surface area contributed by atoms with E-state index in [-0.39, 0.29) is 11.4 Å². The molecular weight excluding hydrogens is 404 g/mol. The number of hydrogen-bond donors (Lipinski definition) is 0. The Kier molecular flexibility index (Phi) is 5.61. The highest BCUT2D eigenvalue weighted by atomic mass is 16.5. The molecule has 1 aromatic carbocycles. The molecule has 0 unspecified atom stereocenters. The molecule has 1 aliphatic heterocycles. The highest BCUT2D eigenvalue weighted by Crippen LogP contribution is 2.41. The molecule has 7 nitrogen and oxygen atoms in total. The van der Waals surface area contributed by atoms with E-state index in [9.17, 15) is 4.79 Å². The zero-order valence-corrected chi connectivity index (χ0v) is 20.0. The molecule has 0 bridgehead atoms. The van der Waals surface area contributed by atoms with E-state index in [1.807, 2.05) is 32.4 Å². The van der Waals surface area contributed by atoms with Gasteiger partial charge in [-0.05, 0) is 62.8 Å². The fourth-order valence-corrected chi connectivity index (χ4v) is 4.17. The van der Waals surface area contributed by atoms with Gasteiger partial charge in [0.1, 0.15) is 12.0 Å². The maximum absolute atomic E-state index is 13.4. The van der Waals surface area contributed by atoms with Crippen molar-refractivity contribution in [2.24, 2.45) is 5.92 Å². The van der Waals surface area contributed by atoms with E-state index in [1.165, 1.54) is 11.8 Å². The van der Waals surface area contributed by atoms with Crippen molar-refractivity contribution in [3.63, 3.8) is 0 Å². The average molecular weight is 437 g/mol. The number of amides is 1. The van der Waals surface area contributed by atoms with Crippen molar-refractivity contribution in [1.29, 1.82) is 0 Å². The van der Waals surface area contributed by atoms with E-state index in [1.54, 1.807) is 18.2 Å². The van der Waals surface area contributed by atoms with Crippen molar-refractivity contribution in [1.82, 2.24) is 19.4 Å². The van der Waals surface area contributed by atoms with Crippen LogP contribution in [0, 0.1) is 5.92 Å². The molecule has 0 spiro atoms. The van der Waals surface area contributed by atoms with Crippen molar-refractivity contribution in [3.8, 4) is 28.6 Å². The molecule has 2 aromatic heterocycles. The zero-order chi connectivity index (χ0) is 23.2. The summed E-state index contributed by atoms with van der Waals surface area (Å²) < 4.78 is 13.4. The molecule has 3 heterocycles.